The monoisotopic (exact) mass is 343 g/mol. The first-order valence-electron chi connectivity index (χ1n) is 9.09. The zero-order valence-corrected chi connectivity index (χ0v) is 15.3. The maximum atomic E-state index is 5.88. The van der Waals surface area contributed by atoms with Gasteiger partial charge in [-0.1, -0.05) is 43.7 Å². The van der Waals surface area contributed by atoms with Crippen molar-refractivity contribution >= 4 is 5.69 Å². The SMILES string of the molecule is CCCCOc1ccccc1NCc1ccccc1OCCOCC. The van der Waals surface area contributed by atoms with Crippen molar-refractivity contribution in [2.45, 2.75) is 33.2 Å². The van der Waals surface area contributed by atoms with Gasteiger partial charge in [-0.3, -0.25) is 0 Å². The van der Waals surface area contributed by atoms with Gasteiger partial charge in [0.15, 0.2) is 0 Å². The fraction of sp³-hybridized carbons (Fsp3) is 0.429. The molecule has 0 heterocycles. The van der Waals surface area contributed by atoms with E-state index in [2.05, 4.69) is 18.3 Å². The van der Waals surface area contributed by atoms with E-state index in [1.54, 1.807) is 0 Å². The van der Waals surface area contributed by atoms with Crippen molar-refractivity contribution in [3.63, 3.8) is 0 Å². The molecule has 4 nitrogen and oxygen atoms in total. The molecule has 2 aromatic rings. The Morgan fingerprint density at radius 1 is 0.800 bits per heavy atom. The second kappa shape index (κ2) is 11.4. The number of unbranched alkanes of at least 4 members (excludes halogenated alkanes) is 1. The van der Waals surface area contributed by atoms with Gasteiger partial charge in [0.2, 0.25) is 0 Å². The van der Waals surface area contributed by atoms with Gasteiger partial charge in [-0.2, -0.15) is 0 Å². The third kappa shape index (κ3) is 6.67. The maximum Gasteiger partial charge on any atom is 0.142 e. The molecule has 2 rings (SSSR count). The van der Waals surface area contributed by atoms with Crippen LogP contribution in [0.25, 0.3) is 0 Å². The first-order valence-corrected chi connectivity index (χ1v) is 9.09. The van der Waals surface area contributed by atoms with Crippen molar-refractivity contribution in [2.24, 2.45) is 0 Å². The van der Waals surface area contributed by atoms with Gasteiger partial charge < -0.3 is 19.5 Å². The highest BCUT2D eigenvalue weighted by molar-refractivity contribution is 5.56. The summed E-state index contributed by atoms with van der Waals surface area (Å²) >= 11 is 0. The van der Waals surface area contributed by atoms with Crippen LogP contribution in [0.5, 0.6) is 11.5 Å². The maximum absolute atomic E-state index is 5.88. The lowest BCUT2D eigenvalue weighted by molar-refractivity contribution is 0.110. The van der Waals surface area contributed by atoms with Crippen LogP contribution in [-0.2, 0) is 11.3 Å². The second-order valence-corrected chi connectivity index (χ2v) is 5.70. The fourth-order valence-corrected chi connectivity index (χ4v) is 2.40. The smallest absolute Gasteiger partial charge is 0.142 e. The van der Waals surface area contributed by atoms with Crippen molar-refractivity contribution in [3.05, 3.63) is 54.1 Å². The lowest BCUT2D eigenvalue weighted by atomic mass is 10.2. The molecule has 0 atom stereocenters. The molecule has 0 bridgehead atoms. The Balaban J connectivity index is 1.95. The van der Waals surface area contributed by atoms with E-state index in [-0.39, 0.29) is 0 Å². The first kappa shape index (κ1) is 19.1. The van der Waals surface area contributed by atoms with Gasteiger partial charge in [-0.25, -0.2) is 0 Å². The molecule has 136 valence electrons. The third-order valence-electron chi connectivity index (χ3n) is 3.77. The topological polar surface area (TPSA) is 39.7 Å². The van der Waals surface area contributed by atoms with Crippen LogP contribution < -0.4 is 14.8 Å². The minimum absolute atomic E-state index is 0.557. The molecule has 0 fully saturated rings. The molecule has 0 aliphatic carbocycles. The van der Waals surface area contributed by atoms with E-state index < -0.39 is 0 Å². The highest BCUT2D eigenvalue weighted by Gasteiger charge is 2.06. The Morgan fingerprint density at radius 2 is 1.52 bits per heavy atom. The molecule has 1 N–H and O–H groups in total. The second-order valence-electron chi connectivity index (χ2n) is 5.70. The standard InChI is InChI=1S/C21H29NO3/c1-3-5-14-24-21-13-9-7-11-19(21)22-17-18-10-6-8-12-20(18)25-16-15-23-4-2/h6-13,22H,3-5,14-17H2,1-2H3. The predicted molar refractivity (Wildman–Crippen MR) is 103 cm³/mol. The Bertz CT molecular complexity index is 616. The third-order valence-corrected chi connectivity index (χ3v) is 3.77. The molecule has 0 saturated carbocycles. The van der Waals surface area contributed by atoms with Crippen LogP contribution in [0.15, 0.2) is 48.5 Å². The Kier molecular flexibility index (Phi) is 8.70. The van der Waals surface area contributed by atoms with Crippen LogP contribution in [0.1, 0.15) is 32.3 Å². The summed E-state index contributed by atoms with van der Waals surface area (Å²) in [7, 11) is 0. The Morgan fingerprint density at radius 3 is 2.32 bits per heavy atom. The van der Waals surface area contributed by atoms with E-state index in [4.69, 9.17) is 14.2 Å². The average Bonchev–Trinajstić information content (AvgIpc) is 2.65. The van der Waals surface area contributed by atoms with E-state index >= 15 is 0 Å². The van der Waals surface area contributed by atoms with Crippen LogP contribution in [0.3, 0.4) is 0 Å². The Hall–Kier alpha value is -2.20. The van der Waals surface area contributed by atoms with Crippen molar-refractivity contribution in [1.29, 1.82) is 0 Å². The first-order chi connectivity index (χ1) is 12.3. The van der Waals surface area contributed by atoms with E-state index in [1.165, 1.54) is 0 Å². The predicted octanol–water partition coefficient (Wildman–Crippen LogP) is 4.89. The zero-order chi connectivity index (χ0) is 17.7. The van der Waals surface area contributed by atoms with E-state index in [0.717, 1.165) is 42.2 Å². The molecule has 0 radical (unpaired) electrons. The summed E-state index contributed by atoms with van der Waals surface area (Å²) in [5.41, 5.74) is 2.12. The van der Waals surface area contributed by atoms with Gasteiger partial charge in [-0.15, -0.1) is 0 Å². The number of ether oxygens (including phenoxy) is 3. The number of rotatable bonds is 12. The summed E-state index contributed by atoms with van der Waals surface area (Å²) in [5.74, 6) is 1.78. The van der Waals surface area contributed by atoms with Gasteiger partial charge in [0, 0.05) is 18.7 Å². The number of anilines is 1. The van der Waals surface area contributed by atoms with Crippen LogP contribution in [-0.4, -0.2) is 26.4 Å². The highest BCUT2D eigenvalue weighted by atomic mass is 16.5. The van der Waals surface area contributed by atoms with Gasteiger partial charge in [0.05, 0.1) is 18.9 Å². The summed E-state index contributed by atoms with van der Waals surface area (Å²) < 4.78 is 17.0. The number of benzene rings is 2. The largest absolute Gasteiger partial charge is 0.491 e. The summed E-state index contributed by atoms with van der Waals surface area (Å²) in [6.45, 7) is 7.44. The van der Waals surface area contributed by atoms with Crippen molar-refractivity contribution in [1.82, 2.24) is 0 Å². The van der Waals surface area contributed by atoms with E-state index in [9.17, 15) is 0 Å². The molecular formula is C21H29NO3. The molecule has 0 spiro atoms. The van der Waals surface area contributed by atoms with Crippen LogP contribution in [0.4, 0.5) is 5.69 Å². The number of hydrogen-bond donors (Lipinski definition) is 1. The Labute approximate surface area is 151 Å². The average molecular weight is 343 g/mol. The molecular weight excluding hydrogens is 314 g/mol. The molecule has 2 aromatic carbocycles. The van der Waals surface area contributed by atoms with Crippen LogP contribution >= 0.6 is 0 Å². The van der Waals surface area contributed by atoms with Crippen LogP contribution in [0.2, 0.25) is 0 Å². The van der Waals surface area contributed by atoms with Gasteiger partial charge >= 0.3 is 0 Å². The molecule has 25 heavy (non-hydrogen) atoms. The highest BCUT2D eigenvalue weighted by Crippen LogP contribution is 2.26. The minimum Gasteiger partial charge on any atom is -0.491 e. The zero-order valence-electron chi connectivity index (χ0n) is 15.3. The van der Waals surface area contributed by atoms with Gasteiger partial charge in [0.25, 0.3) is 0 Å². The van der Waals surface area contributed by atoms with Gasteiger partial charge in [0.1, 0.15) is 18.1 Å². The molecule has 0 aromatic heterocycles. The molecule has 4 heteroatoms. The number of hydrogen-bond acceptors (Lipinski definition) is 4. The van der Waals surface area contributed by atoms with Crippen molar-refractivity contribution in [2.75, 3.05) is 31.7 Å². The number of nitrogens with one attached hydrogen (secondary N) is 1. The summed E-state index contributed by atoms with van der Waals surface area (Å²) in [4.78, 5) is 0. The quantitative estimate of drug-likeness (QED) is 0.557. The summed E-state index contributed by atoms with van der Waals surface area (Å²) in [5, 5.41) is 3.46. The summed E-state index contributed by atoms with van der Waals surface area (Å²) in [6, 6.07) is 16.1. The fourth-order valence-electron chi connectivity index (χ4n) is 2.40. The lowest BCUT2D eigenvalue weighted by Crippen LogP contribution is -2.09. The normalized spacial score (nSPS) is 10.5. The number of para-hydroxylation sites is 3. The van der Waals surface area contributed by atoms with Crippen molar-refractivity contribution < 1.29 is 14.2 Å². The van der Waals surface area contributed by atoms with Gasteiger partial charge in [-0.05, 0) is 31.5 Å². The van der Waals surface area contributed by atoms with E-state index in [0.29, 0.717) is 26.4 Å². The minimum atomic E-state index is 0.557. The van der Waals surface area contributed by atoms with Crippen molar-refractivity contribution in [3.8, 4) is 11.5 Å². The molecule has 0 amide bonds. The summed E-state index contributed by atoms with van der Waals surface area (Å²) in [6.07, 6.45) is 2.19. The lowest BCUT2D eigenvalue weighted by Gasteiger charge is -2.15. The molecule has 0 unspecified atom stereocenters. The van der Waals surface area contributed by atoms with E-state index in [1.807, 2.05) is 49.4 Å². The molecule has 0 aliphatic rings. The molecule has 0 saturated heterocycles. The molecule has 0 aliphatic heterocycles. The van der Waals surface area contributed by atoms with Crippen LogP contribution in [0, 0.1) is 0 Å².